The van der Waals surface area contributed by atoms with Crippen LogP contribution in [-0.4, -0.2) is 37.9 Å². The molecular formula is C15H18N2O5S. The van der Waals surface area contributed by atoms with Crippen LogP contribution in [0.4, 0.5) is 0 Å². The molecule has 1 unspecified atom stereocenters. The van der Waals surface area contributed by atoms with Crippen LogP contribution in [0, 0.1) is 0 Å². The minimum Gasteiger partial charge on any atom is -0.340 e. The highest BCUT2D eigenvalue weighted by molar-refractivity contribution is 7.91. The molecule has 23 heavy (non-hydrogen) atoms. The van der Waals surface area contributed by atoms with Gasteiger partial charge in [0, 0.05) is 6.42 Å². The van der Waals surface area contributed by atoms with Crippen molar-refractivity contribution in [1.82, 2.24) is 10.6 Å². The Kier molecular flexibility index (Phi) is 5.15. The fraction of sp³-hybridized carbons (Fsp3) is 0.400. The van der Waals surface area contributed by atoms with Gasteiger partial charge in [-0.25, -0.2) is 8.42 Å². The van der Waals surface area contributed by atoms with E-state index in [0.717, 1.165) is 0 Å². The summed E-state index contributed by atoms with van der Waals surface area (Å²) in [5.74, 6) is -1.67. The van der Waals surface area contributed by atoms with Crippen LogP contribution in [0.5, 0.6) is 0 Å². The number of rotatable bonds is 5. The van der Waals surface area contributed by atoms with Crippen molar-refractivity contribution >= 4 is 27.6 Å². The molecule has 1 aliphatic rings. The number of benzene rings is 1. The van der Waals surface area contributed by atoms with Gasteiger partial charge < -0.3 is 5.32 Å². The molecular weight excluding hydrogens is 320 g/mol. The first-order valence-electron chi connectivity index (χ1n) is 7.31. The van der Waals surface area contributed by atoms with E-state index in [1.165, 1.54) is 12.1 Å². The maximum absolute atomic E-state index is 12.4. The lowest BCUT2D eigenvalue weighted by atomic mass is 10.1. The molecule has 2 N–H and O–H groups in total. The van der Waals surface area contributed by atoms with Gasteiger partial charge >= 0.3 is 0 Å². The molecule has 1 aliphatic heterocycles. The van der Waals surface area contributed by atoms with E-state index in [4.69, 9.17) is 0 Å². The molecule has 1 aromatic carbocycles. The first-order chi connectivity index (χ1) is 10.8. The zero-order chi connectivity index (χ0) is 17.0. The predicted octanol–water partition coefficient (Wildman–Crippen LogP) is 0.405. The van der Waals surface area contributed by atoms with E-state index in [9.17, 15) is 22.8 Å². The molecule has 1 heterocycles. The van der Waals surface area contributed by atoms with Crippen molar-refractivity contribution in [3.63, 3.8) is 0 Å². The summed E-state index contributed by atoms with van der Waals surface area (Å²) < 4.78 is 24.5. The first-order valence-corrected chi connectivity index (χ1v) is 8.96. The standard InChI is InChI=1S/C15H18N2O5S/c1-2-9-23(21,22)12-6-4-3-5-10(12)14(19)16-11-7-8-13(18)17-15(11)20/h3-6,11H,2,7-9H2,1H3,(H,16,19)(H,17,18,20). The maximum atomic E-state index is 12.4. The number of hydrogen-bond acceptors (Lipinski definition) is 5. The molecule has 0 bridgehead atoms. The number of carbonyl (C=O) groups is 3. The summed E-state index contributed by atoms with van der Waals surface area (Å²) in [5.41, 5.74) is 0.00523. The van der Waals surface area contributed by atoms with Gasteiger partial charge in [-0.05, 0) is 25.0 Å². The monoisotopic (exact) mass is 338 g/mol. The minimum absolute atomic E-state index is 0.00523. The molecule has 3 amide bonds. The third kappa shape index (κ3) is 3.95. The van der Waals surface area contributed by atoms with E-state index >= 15 is 0 Å². The van der Waals surface area contributed by atoms with E-state index in [0.29, 0.717) is 6.42 Å². The Morgan fingerprint density at radius 2 is 2.00 bits per heavy atom. The molecule has 0 spiro atoms. The Balaban J connectivity index is 2.24. The predicted molar refractivity (Wildman–Crippen MR) is 82.4 cm³/mol. The van der Waals surface area contributed by atoms with Crippen molar-refractivity contribution in [2.45, 2.75) is 37.1 Å². The quantitative estimate of drug-likeness (QED) is 0.756. The Morgan fingerprint density at radius 1 is 1.30 bits per heavy atom. The van der Waals surface area contributed by atoms with Gasteiger partial charge in [0.1, 0.15) is 6.04 Å². The molecule has 1 atom stereocenters. The normalized spacial score (nSPS) is 18.4. The summed E-state index contributed by atoms with van der Waals surface area (Å²) in [7, 11) is -3.56. The zero-order valence-electron chi connectivity index (χ0n) is 12.7. The average Bonchev–Trinajstić information content (AvgIpc) is 2.50. The van der Waals surface area contributed by atoms with Gasteiger partial charge in [0.15, 0.2) is 9.84 Å². The highest BCUT2D eigenvalue weighted by Gasteiger charge is 2.29. The highest BCUT2D eigenvalue weighted by Crippen LogP contribution is 2.18. The van der Waals surface area contributed by atoms with Gasteiger partial charge in [-0.15, -0.1) is 0 Å². The molecule has 2 rings (SSSR count). The van der Waals surface area contributed by atoms with Crippen molar-refractivity contribution in [2.24, 2.45) is 0 Å². The Bertz CT molecular complexity index is 742. The second-order valence-electron chi connectivity index (χ2n) is 5.29. The Labute approximate surface area is 134 Å². The largest absolute Gasteiger partial charge is 0.340 e. The number of amides is 3. The molecule has 124 valence electrons. The summed E-state index contributed by atoms with van der Waals surface area (Å²) in [6.45, 7) is 1.74. The molecule has 1 saturated heterocycles. The fourth-order valence-electron chi connectivity index (χ4n) is 2.37. The zero-order valence-corrected chi connectivity index (χ0v) is 13.5. The van der Waals surface area contributed by atoms with E-state index in [2.05, 4.69) is 10.6 Å². The molecule has 0 aliphatic carbocycles. The molecule has 0 radical (unpaired) electrons. The number of nitrogens with one attached hydrogen (secondary N) is 2. The van der Waals surface area contributed by atoms with Gasteiger partial charge in [-0.3, -0.25) is 19.7 Å². The second kappa shape index (κ2) is 6.91. The van der Waals surface area contributed by atoms with Crippen LogP contribution >= 0.6 is 0 Å². The number of imide groups is 1. The minimum atomic E-state index is -3.56. The summed E-state index contributed by atoms with van der Waals surface area (Å²) >= 11 is 0. The molecule has 7 nitrogen and oxygen atoms in total. The van der Waals surface area contributed by atoms with Crippen LogP contribution < -0.4 is 10.6 Å². The third-order valence-electron chi connectivity index (χ3n) is 3.48. The second-order valence-corrected chi connectivity index (χ2v) is 7.37. The summed E-state index contributed by atoms with van der Waals surface area (Å²) in [5, 5.41) is 4.63. The molecule has 8 heteroatoms. The van der Waals surface area contributed by atoms with E-state index in [1.54, 1.807) is 19.1 Å². The van der Waals surface area contributed by atoms with Crippen molar-refractivity contribution in [1.29, 1.82) is 0 Å². The van der Waals surface area contributed by atoms with Gasteiger partial charge in [0.05, 0.1) is 16.2 Å². The summed E-state index contributed by atoms with van der Waals surface area (Å²) in [6.07, 6.45) is 0.762. The van der Waals surface area contributed by atoms with Crippen molar-refractivity contribution in [2.75, 3.05) is 5.75 Å². The number of piperidine rings is 1. The molecule has 0 aromatic heterocycles. The lowest BCUT2D eigenvalue weighted by Crippen LogP contribution is -2.52. The van der Waals surface area contributed by atoms with Gasteiger partial charge in [-0.1, -0.05) is 19.1 Å². The van der Waals surface area contributed by atoms with Gasteiger partial charge in [0.25, 0.3) is 5.91 Å². The Hall–Kier alpha value is -2.22. The van der Waals surface area contributed by atoms with Crippen molar-refractivity contribution < 1.29 is 22.8 Å². The van der Waals surface area contributed by atoms with Crippen molar-refractivity contribution in [3.8, 4) is 0 Å². The van der Waals surface area contributed by atoms with Gasteiger partial charge in [-0.2, -0.15) is 0 Å². The molecule has 0 saturated carbocycles. The van der Waals surface area contributed by atoms with Crippen LogP contribution in [0.2, 0.25) is 0 Å². The van der Waals surface area contributed by atoms with Crippen molar-refractivity contribution in [3.05, 3.63) is 29.8 Å². The van der Waals surface area contributed by atoms with E-state index < -0.39 is 27.7 Å². The van der Waals surface area contributed by atoms with Crippen LogP contribution in [0.3, 0.4) is 0 Å². The van der Waals surface area contributed by atoms with Crippen LogP contribution in [0.1, 0.15) is 36.5 Å². The number of hydrogen-bond donors (Lipinski definition) is 2. The average molecular weight is 338 g/mol. The first kappa shape index (κ1) is 17.1. The third-order valence-corrected chi connectivity index (χ3v) is 5.46. The SMILES string of the molecule is CCCS(=O)(=O)c1ccccc1C(=O)NC1CCC(=O)NC1=O. The fourth-order valence-corrected chi connectivity index (χ4v) is 3.91. The molecule has 1 aromatic rings. The van der Waals surface area contributed by atoms with Crippen LogP contribution in [-0.2, 0) is 19.4 Å². The smallest absolute Gasteiger partial charge is 0.253 e. The maximum Gasteiger partial charge on any atom is 0.253 e. The van der Waals surface area contributed by atoms with E-state index in [1.807, 2.05) is 0 Å². The summed E-state index contributed by atoms with van der Waals surface area (Å²) in [6, 6.07) is 5.05. The topological polar surface area (TPSA) is 109 Å². The number of carbonyl (C=O) groups excluding carboxylic acids is 3. The van der Waals surface area contributed by atoms with Crippen LogP contribution in [0.25, 0.3) is 0 Å². The summed E-state index contributed by atoms with van der Waals surface area (Å²) in [4.78, 5) is 35.1. The lowest BCUT2D eigenvalue weighted by Gasteiger charge is -2.22. The lowest BCUT2D eigenvalue weighted by molar-refractivity contribution is -0.134. The van der Waals surface area contributed by atoms with Gasteiger partial charge in [0.2, 0.25) is 11.8 Å². The van der Waals surface area contributed by atoms with E-state index in [-0.39, 0.29) is 35.0 Å². The van der Waals surface area contributed by atoms with Crippen LogP contribution in [0.15, 0.2) is 29.2 Å². The number of sulfone groups is 1. The Morgan fingerprint density at radius 3 is 2.65 bits per heavy atom. The molecule has 1 fully saturated rings. The highest BCUT2D eigenvalue weighted by atomic mass is 32.2.